The molecule has 2 heterocycles. The highest BCUT2D eigenvalue weighted by Crippen LogP contribution is 2.25. The molecule has 0 bridgehead atoms. The monoisotopic (exact) mass is 269 g/mol. The quantitative estimate of drug-likeness (QED) is 0.359. The Morgan fingerprint density at radius 2 is 2.22 bits per heavy atom. The van der Waals surface area contributed by atoms with Crippen molar-refractivity contribution in [1.29, 1.82) is 0 Å². The lowest BCUT2D eigenvalue weighted by atomic mass is 10.2. The van der Waals surface area contributed by atoms with Gasteiger partial charge < -0.3 is 15.8 Å². The molecular weight excluding hydrogens is 250 g/mol. The van der Waals surface area contributed by atoms with Crippen LogP contribution in [-0.4, -0.2) is 45.4 Å². The summed E-state index contributed by atoms with van der Waals surface area (Å²) in [5, 5.41) is 16.4. The number of hydrogen-bond acceptors (Lipinski definition) is 5. The van der Waals surface area contributed by atoms with Gasteiger partial charge in [-0.25, -0.2) is 0 Å². The molecule has 1 aromatic heterocycles. The molecule has 0 unspecified atom stereocenters. The van der Waals surface area contributed by atoms with Crippen molar-refractivity contribution in [1.82, 2.24) is 9.78 Å². The summed E-state index contributed by atoms with van der Waals surface area (Å²) < 4.78 is 1.82. The lowest BCUT2D eigenvalue weighted by Crippen LogP contribution is -2.30. The van der Waals surface area contributed by atoms with Crippen molar-refractivity contribution < 1.29 is 5.21 Å². The normalized spacial score (nSPS) is 17.9. The van der Waals surface area contributed by atoms with Crippen molar-refractivity contribution in [3.8, 4) is 0 Å². The molecule has 0 saturated carbocycles. The number of amidine groups is 1. The molecule has 3 N–H and O–H groups in total. The van der Waals surface area contributed by atoms with Crippen molar-refractivity contribution in [2.75, 3.05) is 29.5 Å². The summed E-state index contributed by atoms with van der Waals surface area (Å²) in [5.74, 6) is 3.37. The van der Waals surface area contributed by atoms with E-state index in [0.29, 0.717) is 0 Å². The molecule has 0 aliphatic carbocycles. The largest absolute Gasteiger partial charge is 0.409 e. The molecule has 1 aliphatic heterocycles. The Labute approximate surface area is 111 Å². The van der Waals surface area contributed by atoms with Gasteiger partial charge in [-0.15, -0.1) is 0 Å². The van der Waals surface area contributed by atoms with Crippen LogP contribution in [0.1, 0.15) is 17.7 Å². The number of oxime groups is 1. The maximum absolute atomic E-state index is 8.90. The van der Waals surface area contributed by atoms with E-state index < -0.39 is 0 Å². The maximum atomic E-state index is 8.90. The van der Waals surface area contributed by atoms with E-state index in [1.54, 1.807) is 0 Å². The van der Waals surface area contributed by atoms with Gasteiger partial charge in [-0.1, -0.05) is 5.16 Å². The number of nitrogens with two attached hydrogens (primary N) is 1. The topological polar surface area (TPSA) is 79.7 Å². The Bertz CT molecular complexity index is 449. The summed E-state index contributed by atoms with van der Waals surface area (Å²) in [5.41, 5.74) is 7.30. The Kier molecular flexibility index (Phi) is 4.00. The fourth-order valence-corrected chi connectivity index (χ4v) is 3.20. The van der Waals surface area contributed by atoms with Crippen LogP contribution in [0.3, 0.4) is 0 Å². The maximum Gasteiger partial charge on any atom is 0.175 e. The van der Waals surface area contributed by atoms with Crippen LogP contribution in [0.2, 0.25) is 0 Å². The van der Waals surface area contributed by atoms with Gasteiger partial charge in [-0.05, 0) is 19.1 Å². The lowest BCUT2D eigenvalue weighted by Gasteiger charge is -2.23. The first-order valence-electron chi connectivity index (χ1n) is 5.99. The van der Waals surface area contributed by atoms with Gasteiger partial charge in [0.25, 0.3) is 0 Å². The van der Waals surface area contributed by atoms with Crippen molar-refractivity contribution in [3.05, 3.63) is 11.3 Å². The van der Waals surface area contributed by atoms with Gasteiger partial charge in [-0.3, -0.25) is 4.68 Å². The zero-order valence-electron chi connectivity index (χ0n) is 10.8. The van der Waals surface area contributed by atoms with E-state index in [1.165, 1.54) is 5.75 Å². The minimum atomic E-state index is 0.132. The Balaban J connectivity index is 2.41. The van der Waals surface area contributed by atoms with Crippen LogP contribution in [0, 0.1) is 6.92 Å². The van der Waals surface area contributed by atoms with Crippen LogP contribution >= 0.6 is 11.8 Å². The number of hydrogen-bond donors (Lipinski definition) is 2. The summed E-state index contributed by atoms with van der Waals surface area (Å²) in [4.78, 5) is 2.27. The Morgan fingerprint density at radius 3 is 2.94 bits per heavy atom. The van der Waals surface area contributed by atoms with E-state index in [9.17, 15) is 0 Å². The first kappa shape index (κ1) is 13.1. The average molecular weight is 269 g/mol. The molecule has 1 fully saturated rings. The first-order chi connectivity index (χ1) is 8.65. The molecule has 100 valence electrons. The minimum Gasteiger partial charge on any atom is -0.409 e. The van der Waals surface area contributed by atoms with E-state index >= 15 is 0 Å². The van der Waals surface area contributed by atoms with Crippen molar-refractivity contribution in [3.63, 3.8) is 0 Å². The Morgan fingerprint density at radius 1 is 1.44 bits per heavy atom. The number of anilines is 1. The van der Waals surface area contributed by atoms with E-state index in [2.05, 4.69) is 15.2 Å². The molecular formula is C11H19N5OS. The zero-order chi connectivity index (χ0) is 13.1. The number of rotatable bonds is 2. The Hall–Kier alpha value is -1.37. The zero-order valence-corrected chi connectivity index (χ0v) is 11.6. The van der Waals surface area contributed by atoms with Crippen molar-refractivity contribution >= 4 is 23.4 Å². The fourth-order valence-electron chi connectivity index (χ4n) is 2.32. The van der Waals surface area contributed by atoms with Crippen LogP contribution in [0.15, 0.2) is 5.16 Å². The molecule has 2 rings (SSSR count). The van der Waals surface area contributed by atoms with E-state index in [0.717, 1.165) is 42.3 Å². The summed E-state index contributed by atoms with van der Waals surface area (Å²) in [6, 6.07) is 0. The number of aryl methyl sites for hydroxylation is 2. The van der Waals surface area contributed by atoms with Gasteiger partial charge in [0.05, 0.1) is 11.3 Å². The molecule has 7 heteroatoms. The lowest BCUT2D eigenvalue weighted by molar-refractivity contribution is 0.318. The minimum absolute atomic E-state index is 0.132. The molecule has 0 spiro atoms. The predicted octanol–water partition coefficient (Wildman–Crippen LogP) is 0.766. The predicted molar refractivity (Wildman–Crippen MR) is 74.6 cm³/mol. The van der Waals surface area contributed by atoms with Gasteiger partial charge >= 0.3 is 0 Å². The fraction of sp³-hybridized carbons (Fsp3) is 0.636. The van der Waals surface area contributed by atoms with Crippen molar-refractivity contribution in [2.45, 2.75) is 13.3 Å². The van der Waals surface area contributed by atoms with E-state index in [-0.39, 0.29) is 5.84 Å². The highest BCUT2D eigenvalue weighted by Gasteiger charge is 2.22. The first-order valence-corrected chi connectivity index (χ1v) is 7.14. The second kappa shape index (κ2) is 5.51. The van der Waals surface area contributed by atoms with Gasteiger partial charge in [0.2, 0.25) is 0 Å². The molecule has 0 radical (unpaired) electrons. The van der Waals surface area contributed by atoms with Crippen molar-refractivity contribution in [2.24, 2.45) is 17.9 Å². The highest BCUT2D eigenvalue weighted by atomic mass is 32.2. The van der Waals surface area contributed by atoms with E-state index in [4.69, 9.17) is 10.9 Å². The molecule has 18 heavy (non-hydrogen) atoms. The molecule has 1 aromatic rings. The second-order valence-corrected chi connectivity index (χ2v) is 5.57. The molecule has 1 saturated heterocycles. The molecule has 0 aromatic carbocycles. The van der Waals surface area contributed by atoms with Crippen LogP contribution in [0.5, 0.6) is 0 Å². The third-order valence-electron chi connectivity index (χ3n) is 3.08. The van der Waals surface area contributed by atoms with E-state index in [1.807, 2.05) is 30.4 Å². The molecule has 6 nitrogen and oxygen atoms in total. The number of nitrogens with zero attached hydrogens (tertiary/aromatic N) is 4. The summed E-state index contributed by atoms with van der Waals surface area (Å²) in [7, 11) is 1.90. The standard InChI is InChI=1S/C11H19N5OS/c1-8-9(10(12)14-17)11(15(2)13-8)16-4-3-6-18-7-5-16/h17H,3-7H2,1-2H3,(H2,12,14). The third-order valence-corrected chi connectivity index (χ3v) is 4.13. The second-order valence-electron chi connectivity index (χ2n) is 4.35. The number of aromatic nitrogens is 2. The van der Waals surface area contributed by atoms with Crippen LogP contribution in [0.25, 0.3) is 0 Å². The molecule has 0 atom stereocenters. The highest BCUT2D eigenvalue weighted by molar-refractivity contribution is 7.99. The van der Waals surface area contributed by atoms with Crippen LogP contribution in [0.4, 0.5) is 5.82 Å². The molecule has 0 amide bonds. The number of thioether (sulfide) groups is 1. The van der Waals surface area contributed by atoms with Gasteiger partial charge in [0.1, 0.15) is 5.82 Å². The molecule has 1 aliphatic rings. The summed E-state index contributed by atoms with van der Waals surface area (Å²) >= 11 is 1.96. The van der Waals surface area contributed by atoms with Crippen LogP contribution < -0.4 is 10.6 Å². The summed E-state index contributed by atoms with van der Waals surface area (Å²) in [6.45, 7) is 3.83. The third kappa shape index (κ3) is 2.40. The van der Waals surface area contributed by atoms with Gasteiger partial charge in [0.15, 0.2) is 5.84 Å². The van der Waals surface area contributed by atoms with Crippen LogP contribution in [-0.2, 0) is 7.05 Å². The summed E-state index contributed by atoms with van der Waals surface area (Å²) in [6.07, 6.45) is 1.14. The smallest absolute Gasteiger partial charge is 0.175 e. The van der Waals surface area contributed by atoms with Gasteiger partial charge in [-0.2, -0.15) is 16.9 Å². The average Bonchev–Trinajstić information content (AvgIpc) is 2.58. The SMILES string of the molecule is Cc1nn(C)c(N2CCCSCC2)c1C(N)=NO. The van der Waals surface area contributed by atoms with Gasteiger partial charge in [0, 0.05) is 25.9 Å².